The number of carbonyl (C=O) groups is 4. The molecule has 33 heavy (non-hydrogen) atoms. The molecule has 4 N–H and O–H groups in total. The largest absolute Gasteiger partial charge is 0.481 e. The van der Waals surface area contributed by atoms with Crippen LogP contribution >= 0.6 is 0 Å². The monoisotopic (exact) mass is 474 g/mol. The van der Waals surface area contributed by atoms with E-state index in [2.05, 4.69) is 5.32 Å². The summed E-state index contributed by atoms with van der Waals surface area (Å²) in [6.07, 6.45) is -0.565. The highest BCUT2D eigenvalue weighted by molar-refractivity contribution is 5.77. The van der Waals surface area contributed by atoms with Gasteiger partial charge in [0.05, 0.1) is 25.4 Å². The highest BCUT2D eigenvalue weighted by atomic mass is 16.5. The Morgan fingerprint density at radius 1 is 0.879 bits per heavy atom. The number of amides is 1. The van der Waals surface area contributed by atoms with Gasteiger partial charge in [0.15, 0.2) is 0 Å². The van der Waals surface area contributed by atoms with E-state index in [-0.39, 0.29) is 31.6 Å². The number of rotatable bonds is 17. The van der Waals surface area contributed by atoms with E-state index in [9.17, 15) is 24.3 Å². The first-order valence-electron chi connectivity index (χ1n) is 11.3. The molecular formula is C23H42N2O8. The number of hydrogen-bond acceptors (Lipinski definition) is 7. The van der Waals surface area contributed by atoms with Crippen LogP contribution in [0.4, 0.5) is 0 Å². The second-order valence-electron chi connectivity index (χ2n) is 10.4. The van der Waals surface area contributed by atoms with E-state index in [1.54, 1.807) is 41.5 Å². The number of aliphatic carboxylic acids is 2. The lowest BCUT2D eigenvalue weighted by atomic mass is 9.85. The van der Waals surface area contributed by atoms with Crippen molar-refractivity contribution in [2.24, 2.45) is 10.8 Å². The zero-order valence-corrected chi connectivity index (χ0v) is 20.8. The fraction of sp³-hybridized carbons (Fsp3) is 0.826. The molecule has 0 heterocycles. The van der Waals surface area contributed by atoms with Crippen LogP contribution in [0, 0.1) is 10.8 Å². The number of carbonyl (C=O) groups excluding carboxylic acids is 2. The summed E-state index contributed by atoms with van der Waals surface area (Å²) in [7, 11) is 0. The molecule has 0 bridgehead atoms. The predicted octanol–water partition coefficient (Wildman–Crippen LogP) is 1.89. The topological polar surface area (TPSA) is 153 Å². The molecule has 192 valence electrons. The fourth-order valence-corrected chi connectivity index (χ4v) is 3.66. The predicted molar refractivity (Wildman–Crippen MR) is 123 cm³/mol. The Hall–Kier alpha value is -2.20. The number of esters is 1. The summed E-state index contributed by atoms with van der Waals surface area (Å²) in [5.41, 5.74) is -1.34. The molecule has 0 aromatic heterocycles. The normalized spacial score (nSPS) is 13.9. The lowest BCUT2D eigenvalue weighted by Gasteiger charge is -2.28. The Bertz CT molecular complexity index is 661. The molecule has 0 rings (SSSR count). The number of ether oxygens (including phenoxy) is 1. The van der Waals surface area contributed by atoms with E-state index in [0.717, 1.165) is 0 Å². The Morgan fingerprint density at radius 2 is 1.39 bits per heavy atom. The molecule has 1 amide bonds. The summed E-state index contributed by atoms with van der Waals surface area (Å²) in [6.45, 7) is 12.0. The highest BCUT2D eigenvalue weighted by Crippen LogP contribution is 2.26. The molecule has 0 aliphatic rings. The molecule has 0 aromatic rings. The third-order valence-electron chi connectivity index (χ3n) is 4.87. The first-order valence-corrected chi connectivity index (χ1v) is 11.3. The van der Waals surface area contributed by atoms with Gasteiger partial charge in [-0.25, -0.2) is 0 Å². The van der Waals surface area contributed by atoms with Crippen LogP contribution in [0.15, 0.2) is 0 Å². The first-order chi connectivity index (χ1) is 15.0. The molecule has 0 aliphatic heterocycles. The van der Waals surface area contributed by atoms with Crippen LogP contribution in [-0.2, 0) is 23.9 Å². The summed E-state index contributed by atoms with van der Waals surface area (Å²) in [5.74, 6) is -2.60. The van der Waals surface area contributed by atoms with Gasteiger partial charge < -0.3 is 25.4 Å². The van der Waals surface area contributed by atoms with Gasteiger partial charge in [-0.3, -0.25) is 24.1 Å². The molecule has 0 radical (unpaired) electrons. The second-order valence-corrected chi connectivity index (χ2v) is 10.4. The van der Waals surface area contributed by atoms with Crippen LogP contribution in [0.3, 0.4) is 0 Å². The van der Waals surface area contributed by atoms with Crippen LogP contribution in [0.5, 0.6) is 0 Å². The van der Waals surface area contributed by atoms with E-state index in [4.69, 9.17) is 14.9 Å². The average molecular weight is 475 g/mol. The maximum atomic E-state index is 12.2. The van der Waals surface area contributed by atoms with Gasteiger partial charge in [-0.2, -0.15) is 0 Å². The molecule has 0 spiro atoms. The van der Waals surface area contributed by atoms with E-state index >= 15 is 0 Å². The van der Waals surface area contributed by atoms with Gasteiger partial charge in [0, 0.05) is 32.6 Å². The zero-order valence-electron chi connectivity index (χ0n) is 20.8. The Morgan fingerprint density at radius 3 is 1.88 bits per heavy atom. The molecule has 0 aromatic carbocycles. The van der Waals surface area contributed by atoms with E-state index in [1.165, 1.54) is 0 Å². The van der Waals surface area contributed by atoms with Crippen molar-refractivity contribution >= 4 is 23.8 Å². The number of aliphatic hydroxyl groups is 1. The van der Waals surface area contributed by atoms with Crippen LogP contribution in [-0.4, -0.2) is 82.4 Å². The van der Waals surface area contributed by atoms with Gasteiger partial charge in [0.25, 0.3) is 0 Å². The van der Waals surface area contributed by atoms with Crippen molar-refractivity contribution in [3.63, 3.8) is 0 Å². The Labute approximate surface area is 196 Å². The quantitative estimate of drug-likeness (QED) is 0.183. The van der Waals surface area contributed by atoms with Crippen molar-refractivity contribution in [2.45, 2.75) is 85.9 Å². The van der Waals surface area contributed by atoms with Gasteiger partial charge in [-0.05, 0) is 31.1 Å². The van der Waals surface area contributed by atoms with Gasteiger partial charge in [0.1, 0.15) is 6.10 Å². The molecule has 0 saturated carbocycles. The molecule has 10 nitrogen and oxygen atoms in total. The van der Waals surface area contributed by atoms with Crippen LogP contribution in [0.1, 0.15) is 73.6 Å². The molecule has 2 atom stereocenters. The SMILES string of the molecule is CC(O)CN(CCCNC(=O)CC(C)(C)CC(=O)O)CC(C)OC(=O)CC(C)(C)CC(=O)O. The van der Waals surface area contributed by atoms with Crippen LogP contribution < -0.4 is 5.32 Å². The van der Waals surface area contributed by atoms with Crippen molar-refractivity contribution < 1.29 is 39.2 Å². The smallest absolute Gasteiger partial charge is 0.306 e. The minimum absolute atomic E-state index is 0.00962. The van der Waals surface area contributed by atoms with Crippen molar-refractivity contribution in [2.75, 3.05) is 26.2 Å². The third kappa shape index (κ3) is 17.0. The third-order valence-corrected chi connectivity index (χ3v) is 4.87. The van der Waals surface area contributed by atoms with Crippen molar-refractivity contribution in [3.8, 4) is 0 Å². The Balaban J connectivity index is 4.54. The van der Waals surface area contributed by atoms with E-state index in [0.29, 0.717) is 32.6 Å². The summed E-state index contributed by atoms with van der Waals surface area (Å²) in [4.78, 5) is 48.0. The van der Waals surface area contributed by atoms with Gasteiger partial charge in [0.2, 0.25) is 5.91 Å². The number of carboxylic acids is 2. The standard InChI is InChI=1S/C23H42N2O8/c1-16(26)14-25(9-7-8-24-18(27)10-22(3,4)11-19(28)29)15-17(2)33-21(32)13-23(5,6)12-20(30)31/h16-17,26H,7-15H2,1-6H3,(H,24,27)(H,28,29)(H,30,31). The maximum absolute atomic E-state index is 12.2. The van der Waals surface area contributed by atoms with E-state index < -0.39 is 40.9 Å². The zero-order chi connectivity index (χ0) is 25.8. The average Bonchev–Trinajstić information content (AvgIpc) is 2.53. The number of hydrogen-bond donors (Lipinski definition) is 4. The summed E-state index contributed by atoms with van der Waals surface area (Å²) >= 11 is 0. The number of nitrogens with zero attached hydrogens (tertiary/aromatic N) is 1. The lowest BCUT2D eigenvalue weighted by Crippen LogP contribution is -2.40. The number of aliphatic hydroxyl groups excluding tert-OH is 1. The Kier molecular flexibility index (Phi) is 13.2. The minimum atomic E-state index is -0.971. The molecule has 2 unspecified atom stereocenters. The molecule has 0 saturated heterocycles. The number of nitrogens with one attached hydrogen (secondary N) is 1. The van der Waals surface area contributed by atoms with Gasteiger partial charge >= 0.3 is 17.9 Å². The first kappa shape index (κ1) is 30.8. The molecular weight excluding hydrogens is 432 g/mol. The van der Waals surface area contributed by atoms with Gasteiger partial charge in [-0.1, -0.05) is 27.7 Å². The minimum Gasteiger partial charge on any atom is -0.481 e. The molecule has 0 fully saturated rings. The fourth-order valence-electron chi connectivity index (χ4n) is 3.66. The van der Waals surface area contributed by atoms with Crippen LogP contribution in [0.25, 0.3) is 0 Å². The molecule has 0 aliphatic carbocycles. The maximum Gasteiger partial charge on any atom is 0.306 e. The summed E-state index contributed by atoms with van der Waals surface area (Å²) < 4.78 is 5.44. The summed E-state index contributed by atoms with van der Waals surface area (Å²) in [6, 6.07) is 0. The van der Waals surface area contributed by atoms with Crippen LogP contribution in [0.2, 0.25) is 0 Å². The summed E-state index contributed by atoms with van der Waals surface area (Å²) in [5, 5.41) is 30.4. The number of carboxylic acid groups (broad SMARTS) is 2. The van der Waals surface area contributed by atoms with Crippen molar-refractivity contribution in [3.05, 3.63) is 0 Å². The highest BCUT2D eigenvalue weighted by Gasteiger charge is 2.27. The van der Waals surface area contributed by atoms with Crippen molar-refractivity contribution in [1.29, 1.82) is 0 Å². The van der Waals surface area contributed by atoms with Crippen molar-refractivity contribution in [1.82, 2.24) is 10.2 Å². The lowest BCUT2D eigenvalue weighted by molar-refractivity contribution is -0.152. The van der Waals surface area contributed by atoms with E-state index in [1.807, 2.05) is 4.90 Å². The second kappa shape index (κ2) is 14.1. The van der Waals surface area contributed by atoms with Gasteiger partial charge in [-0.15, -0.1) is 0 Å². The molecule has 10 heteroatoms.